The van der Waals surface area contributed by atoms with Crippen LogP contribution in [0, 0.1) is 0 Å². The van der Waals surface area contributed by atoms with Crippen LogP contribution in [0.4, 0.5) is 22.0 Å². The van der Waals surface area contributed by atoms with Crippen molar-refractivity contribution in [3.05, 3.63) is 40.1 Å². The highest BCUT2D eigenvalue weighted by molar-refractivity contribution is 5.81. The largest absolute Gasteiger partial charge is 0.418 e. The molecule has 0 aliphatic heterocycles. The van der Waals surface area contributed by atoms with Gasteiger partial charge in [0.15, 0.2) is 0 Å². The first-order valence-electron chi connectivity index (χ1n) is 4.60. The number of nitrogens with zero attached hydrogens (tertiary/aromatic N) is 1. The Morgan fingerprint density at radius 2 is 1.89 bits per heavy atom. The van der Waals surface area contributed by atoms with Gasteiger partial charge in [0.2, 0.25) is 0 Å². The standard InChI is InChI=1S/C10H4F5NO2/c11-7(12)8-16-6-4(9(17)18-8)2-1-3-5(6)10(13,14)15/h1-3,7H. The molecule has 96 valence electrons. The minimum atomic E-state index is -4.79. The van der Waals surface area contributed by atoms with Crippen LogP contribution in [0.3, 0.4) is 0 Å². The molecule has 0 aliphatic carbocycles. The van der Waals surface area contributed by atoms with Crippen molar-refractivity contribution in [1.82, 2.24) is 4.98 Å². The number of aromatic nitrogens is 1. The Balaban J connectivity index is 2.87. The molecule has 0 atom stereocenters. The number of halogens is 5. The van der Waals surface area contributed by atoms with E-state index >= 15 is 0 Å². The summed E-state index contributed by atoms with van der Waals surface area (Å²) >= 11 is 0. The van der Waals surface area contributed by atoms with Crippen LogP contribution in [0.1, 0.15) is 17.9 Å². The van der Waals surface area contributed by atoms with Crippen LogP contribution in [-0.4, -0.2) is 4.98 Å². The van der Waals surface area contributed by atoms with E-state index in [0.717, 1.165) is 12.1 Å². The van der Waals surface area contributed by atoms with Crippen LogP contribution in [0.5, 0.6) is 0 Å². The summed E-state index contributed by atoms with van der Waals surface area (Å²) in [5, 5.41) is -0.491. The van der Waals surface area contributed by atoms with Crippen molar-refractivity contribution in [3.63, 3.8) is 0 Å². The number of alkyl halides is 5. The zero-order valence-corrected chi connectivity index (χ0v) is 8.46. The van der Waals surface area contributed by atoms with Crippen molar-refractivity contribution in [2.45, 2.75) is 12.6 Å². The van der Waals surface area contributed by atoms with Gasteiger partial charge < -0.3 is 4.42 Å². The molecule has 0 unspecified atom stereocenters. The third-order valence-corrected chi connectivity index (χ3v) is 2.17. The summed E-state index contributed by atoms with van der Waals surface area (Å²) < 4.78 is 66.7. The van der Waals surface area contributed by atoms with Gasteiger partial charge in [0.25, 0.3) is 5.89 Å². The zero-order chi connectivity index (χ0) is 13.5. The molecular weight excluding hydrogens is 261 g/mol. The second-order valence-electron chi connectivity index (χ2n) is 3.34. The molecule has 1 heterocycles. The predicted molar refractivity (Wildman–Crippen MR) is 50.2 cm³/mol. The highest BCUT2D eigenvalue weighted by atomic mass is 19.4. The van der Waals surface area contributed by atoms with E-state index in [4.69, 9.17) is 0 Å². The lowest BCUT2D eigenvalue weighted by atomic mass is 10.1. The molecule has 0 radical (unpaired) electrons. The third kappa shape index (κ3) is 2.05. The first kappa shape index (κ1) is 12.5. The molecule has 0 aliphatic rings. The number of benzene rings is 1. The Morgan fingerprint density at radius 3 is 2.44 bits per heavy atom. The SMILES string of the molecule is O=c1oc(C(F)F)nc2c(C(F)(F)F)cccc12. The predicted octanol–water partition coefficient (Wildman–Crippen LogP) is 3.14. The highest BCUT2D eigenvalue weighted by Crippen LogP contribution is 2.33. The lowest BCUT2D eigenvalue weighted by Crippen LogP contribution is -2.12. The Kier molecular flexibility index (Phi) is 2.80. The maximum atomic E-state index is 12.6. The molecule has 1 aromatic heterocycles. The monoisotopic (exact) mass is 265 g/mol. The average molecular weight is 265 g/mol. The van der Waals surface area contributed by atoms with Crippen molar-refractivity contribution in [2.75, 3.05) is 0 Å². The van der Waals surface area contributed by atoms with Crippen LogP contribution < -0.4 is 5.63 Å². The molecule has 0 saturated heterocycles. The fourth-order valence-electron chi connectivity index (χ4n) is 1.43. The van der Waals surface area contributed by atoms with E-state index in [0.29, 0.717) is 6.07 Å². The topological polar surface area (TPSA) is 43.1 Å². The Morgan fingerprint density at radius 1 is 1.22 bits per heavy atom. The fraction of sp³-hybridized carbons (Fsp3) is 0.200. The summed E-state index contributed by atoms with van der Waals surface area (Å²) in [5.74, 6) is -1.33. The van der Waals surface area contributed by atoms with E-state index in [1.54, 1.807) is 0 Å². The maximum absolute atomic E-state index is 12.6. The van der Waals surface area contributed by atoms with Crippen molar-refractivity contribution in [1.29, 1.82) is 0 Å². The summed E-state index contributed by atoms with van der Waals surface area (Å²) in [6, 6.07) is 2.66. The van der Waals surface area contributed by atoms with Gasteiger partial charge in [0.05, 0.1) is 16.5 Å². The second kappa shape index (κ2) is 4.04. The van der Waals surface area contributed by atoms with Crippen molar-refractivity contribution in [3.8, 4) is 0 Å². The average Bonchev–Trinajstić information content (AvgIpc) is 2.26. The number of fused-ring (bicyclic) bond motifs is 1. The molecule has 2 aromatic rings. The molecule has 0 N–H and O–H groups in total. The minimum Gasteiger partial charge on any atom is -0.401 e. The van der Waals surface area contributed by atoms with E-state index in [1.807, 2.05) is 0 Å². The van der Waals surface area contributed by atoms with Gasteiger partial charge in [-0.2, -0.15) is 22.0 Å². The fourth-order valence-corrected chi connectivity index (χ4v) is 1.43. The second-order valence-corrected chi connectivity index (χ2v) is 3.34. The molecule has 0 spiro atoms. The van der Waals surface area contributed by atoms with Gasteiger partial charge in [-0.05, 0) is 12.1 Å². The van der Waals surface area contributed by atoms with Crippen LogP contribution in [0.15, 0.2) is 27.4 Å². The smallest absolute Gasteiger partial charge is 0.401 e. The van der Waals surface area contributed by atoms with E-state index in [9.17, 15) is 26.7 Å². The molecule has 18 heavy (non-hydrogen) atoms. The van der Waals surface area contributed by atoms with E-state index in [-0.39, 0.29) is 0 Å². The van der Waals surface area contributed by atoms with E-state index < -0.39 is 40.6 Å². The van der Waals surface area contributed by atoms with Crippen LogP contribution in [-0.2, 0) is 6.18 Å². The number of rotatable bonds is 1. The van der Waals surface area contributed by atoms with Crippen LogP contribution >= 0.6 is 0 Å². The van der Waals surface area contributed by atoms with E-state index in [2.05, 4.69) is 9.40 Å². The van der Waals surface area contributed by atoms with Crippen molar-refractivity contribution >= 4 is 10.9 Å². The zero-order valence-electron chi connectivity index (χ0n) is 8.46. The van der Waals surface area contributed by atoms with Gasteiger partial charge in [-0.15, -0.1) is 0 Å². The molecule has 0 fully saturated rings. The molecule has 2 rings (SSSR count). The highest BCUT2D eigenvalue weighted by Gasteiger charge is 2.34. The van der Waals surface area contributed by atoms with Gasteiger partial charge >= 0.3 is 18.2 Å². The van der Waals surface area contributed by atoms with E-state index in [1.165, 1.54) is 0 Å². The summed E-state index contributed by atoms with van der Waals surface area (Å²) in [6.07, 6.45) is -8.05. The van der Waals surface area contributed by atoms with Crippen molar-refractivity contribution < 1.29 is 26.4 Å². The Hall–Kier alpha value is -1.99. The summed E-state index contributed by atoms with van der Waals surface area (Å²) in [5.41, 5.74) is -3.37. The quantitative estimate of drug-likeness (QED) is 0.744. The molecular formula is C10H4F5NO2. The molecule has 8 heteroatoms. The minimum absolute atomic E-state index is 0.491. The lowest BCUT2D eigenvalue weighted by Gasteiger charge is -2.09. The summed E-state index contributed by atoms with van der Waals surface area (Å²) in [7, 11) is 0. The Bertz CT molecular complexity index is 647. The van der Waals surface area contributed by atoms with Gasteiger partial charge in [-0.25, -0.2) is 9.78 Å². The summed E-state index contributed by atoms with van der Waals surface area (Å²) in [6.45, 7) is 0. The van der Waals surface area contributed by atoms with Gasteiger partial charge in [-0.3, -0.25) is 0 Å². The third-order valence-electron chi connectivity index (χ3n) is 2.17. The molecule has 1 aromatic carbocycles. The first-order chi connectivity index (χ1) is 8.30. The summed E-state index contributed by atoms with van der Waals surface area (Å²) in [4.78, 5) is 14.3. The van der Waals surface area contributed by atoms with Gasteiger partial charge in [-0.1, -0.05) is 6.07 Å². The normalized spacial score (nSPS) is 12.3. The molecule has 0 saturated carbocycles. The van der Waals surface area contributed by atoms with Crippen LogP contribution in [0.2, 0.25) is 0 Å². The van der Waals surface area contributed by atoms with Gasteiger partial charge in [0.1, 0.15) is 0 Å². The van der Waals surface area contributed by atoms with Crippen LogP contribution in [0.25, 0.3) is 10.9 Å². The number of hydrogen-bond acceptors (Lipinski definition) is 3. The maximum Gasteiger partial charge on any atom is 0.418 e. The Labute approximate surface area is 95.9 Å². The van der Waals surface area contributed by atoms with Crippen molar-refractivity contribution in [2.24, 2.45) is 0 Å². The number of hydrogen-bond donors (Lipinski definition) is 0. The first-order valence-corrected chi connectivity index (χ1v) is 4.60. The lowest BCUT2D eigenvalue weighted by molar-refractivity contribution is -0.136. The molecule has 0 amide bonds. The van der Waals surface area contributed by atoms with Gasteiger partial charge in [0, 0.05) is 0 Å². The number of para-hydroxylation sites is 1. The molecule has 0 bridgehead atoms. The molecule has 3 nitrogen and oxygen atoms in total.